The topological polar surface area (TPSA) is 43.4 Å². The Balaban J connectivity index is 2.58. The Hall–Kier alpha value is -0.830. The summed E-state index contributed by atoms with van der Waals surface area (Å²) in [5, 5.41) is 0. The first-order chi connectivity index (χ1) is 9.42. The molecule has 0 aliphatic heterocycles. The number of hydrogen-bond donors (Lipinski definition) is 0. The maximum absolute atomic E-state index is 12.2. The highest BCUT2D eigenvalue weighted by Crippen LogP contribution is 2.52. The normalized spacial score (nSPS) is 20.6. The van der Waals surface area contributed by atoms with E-state index in [0.717, 1.165) is 25.7 Å². The van der Waals surface area contributed by atoms with Crippen LogP contribution in [0.25, 0.3) is 0 Å². The molecular weight excluding hydrogens is 276 g/mol. The molecule has 0 amide bonds. The Morgan fingerprint density at radius 3 is 2.50 bits per heavy atom. The maximum Gasteiger partial charge on any atom is 0.334 e. The highest BCUT2D eigenvalue weighted by Gasteiger charge is 2.50. The lowest BCUT2D eigenvalue weighted by Gasteiger charge is -2.08. The molecule has 1 aliphatic rings. The lowest BCUT2D eigenvalue weighted by molar-refractivity contribution is -0.139. The zero-order valence-electron chi connectivity index (χ0n) is 12.7. The van der Waals surface area contributed by atoms with Crippen molar-refractivity contribution in [2.45, 2.75) is 52.9 Å². The monoisotopic (exact) mass is 300 g/mol. The van der Waals surface area contributed by atoms with Crippen molar-refractivity contribution in [3.8, 4) is 0 Å². The second kappa shape index (κ2) is 7.82. The van der Waals surface area contributed by atoms with E-state index in [9.17, 15) is 9.59 Å². The molecule has 0 unspecified atom stereocenters. The van der Waals surface area contributed by atoms with E-state index in [2.05, 4.69) is 13.8 Å². The van der Waals surface area contributed by atoms with Gasteiger partial charge in [-0.05, 0) is 38.0 Å². The standard InChI is InChI=1S/C16H25ClO3/c1-4-20-15(19)12(8-6-5-7-9-17)10-14(18)13-11-16(13,2)3/h8,13H,4-7,9-11H2,1-3H3/b12-8+/t13-/m1/s1. The van der Waals surface area contributed by atoms with Crippen LogP contribution < -0.4 is 0 Å². The summed E-state index contributed by atoms with van der Waals surface area (Å²) in [6.45, 7) is 6.28. The number of Topliss-reactive ketones (excluding diaryl/α,β-unsaturated/α-hetero) is 1. The lowest BCUT2D eigenvalue weighted by atomic mass is 10.00. The Kier molecular flexibility index (Phi) is 6.74. The van der Waals surface area contributed by atoms with E-state index >= 15 is 0 Å². The van der Waals surface area contributed by atoms with E-state index in [1.165, 1.54) is 0 Å². The van der Waals surface area contributed by atoms with Gasteiger partial charge in [0.05, 0.1) is 6.61 Å². The summed E-state index contributed by atoms with van der Waals surface area (Å²) in [4.78, 5) is 24.0. The van der Waals surface area contributed by atoms with Gasteiger partial charge in [-0.25, -0.2) is 4.79 Å². The number of halogens is 1. The summed E-state index contributed by atoms with van der Waals surface area (Å²) in [6.07, 6.45) is 5.58. The zero-order valence-corrected chi connectivity index (χ0v) is 13.5. The van der Waals surface area contributed by atoms with Gasteiger partial charge in [0.15, 0.2) is 0 Å². The molecule has 0 saturated heterocycles. The summed E-state index contributed by atoms with van der Waals surface area (Å²) in [5.41, 5.74) is 0.615. The van der Waals surface area contributed by atoms with Crippen molar-refractivity contribution in [2.24, 2.45) is 11.3 Å². The molecule has 1 atom stereocenters. The van der Waals surface area contributed by atoms with Gasteiger partial charge in [-0.3, -0.25) is 4.79 Å². The third kappa shape index (κ3) is 5.28. The van der Waals surface area contributed by atoms with Crippen LogP contribution in [0.3, 0.4) is 0 Å². The maximum atomic E-state index is 12.2. The van der Waals surface area contributed by atoms with Gasteiger partial charge in [0.25, 0.3) is 0 Å². The van der Waals surface area contributed by atoms with Crippen molar-refractivity contribution in [3.05, 3.63) is 11.6 Å². The molecule has 114 valence electrons. The molecular formula is C16H25ClO3. The van der Waals surface area contributed by atoms with Crippen LogP contribution in [-0.2, 0) is 14.3 Å². The molecule has 4 heteroatoms. The molecule has 0 N–H and O–H groups in total. The predicted octanol–water partition coefficient (Wildman–Crippen LogP) is 3.89. The fourth-order valence-corrected chi connectivity index (χ4v) is 2.48. The highest BCUT2D eigenvalue weighted by molar-refractivity contribution is 6.17. The smallest absolute Gasteiger partial charge is 0.334 e. The Labute approximate surface area is 126 Å². The number of hydrogen-bond acceptors (Lipinski definition) is 3. The van der Waals surface area contributed by atoms with E-state index in [4.69, 9.17) is 16.3 Å². The third-order valence-electron chi connectivity index (χ3n) is 3.78. The van der Waals surface area contributed by atoms with Crippen LogP contribution in [0.4, 0.5) is 0 Å². The lowest BCUT2D eigenvalue weighted by Crippen LogP contribution is -2.14. The van der Waals surface area contributed by atoms with E-state index in [1.54, 1.807) is 6.92 Å². The minimum Gasteiger partial charge on any atom is -0.463 e. The van der Waals surface area contributed by atoms with Crippen molar-refractivity contribution >= 4 is 23.4 Å². The van der Waals surface area contributed by atoms with Gasteiger partial charge in [-0.2, -0.15) is 0 Å². The van der Waals surface area contributed by atoms with Crippen LogP contribution in [0, 0.1) is 11.3 Å². The van der Waals surface area contributed by atoms with Gasteiger partial charge >= 0.3 is 5.97 Å². The van der Waals surface area contributed by atoms with Crippen molar-refractivity contribution in [3.63, 3.8) is 0 Å². The zero-order chi connectivity index (χ0) is 15.2. The van der Waals surface area contributed by atoms with E-state index in [-0.39, 0.29) is 29.5 Å². The molecule has 0 bridgehead atoms. The van der Waals surface area contributed by atoms with E-state index in [1.807, 2.05) is 6.08 Å². The second-order valence-corrected chi connectivity index (χ2v) is 6.40. The molecule has 0 aromatic carbocycles. The molecule has 0 aromatic heterocycles. The summed E-state index contributed by atoms with van der Waals surface area (Å²) in [6, 6.07) is 0. The first kappa shape index (κ1) is 17.2. The van der Waals surface area contributed by atoms with Crippen molar-refractivity contribution < 1.29 is 14.3 Å². The Bertz CT molecular complexity index is 385. The third-order valence-corrected chi connectivity index (χ3v) is 4.05. The number of ketones is 1. The van der Waals surface area contributed by atoms with Gasteiger partial charge in [0.1, 0.15) is 5.78 Å². The molecule has 0 heterocycles. The molecule has 1 saturated carbocycles. The fraction of sp³-hybridized carbons (Fsp3) is 0.750. The average molecular weight is 301 g/mol. The van der Waals surface area contributed by atoms with Crippen molar-refractivity contribution in [1.29, 1.82) is 0 Å². The molecule has 0 spiro atoms. The Morgan fingerprint density at radius 2 is 2.00 bits per heavy atom. The minimum absolute atomic E-state index is 0.100. The number of esters is 1. The van der Waals surface area contributed by atoms with Gasteiger partial charge < -0.3 is 4.74 Å². The van der Waals surface area contributed by atoms with Crippen molar-refractivity contribution in [1.82, 2.24) is 0 Å². The van der Waals surface area contributed by atoms with Gasteiger partial charge in [0, 0.05) is 23.8 Å². The molecule has 1 aliphatic carbocycles. The molecule has 0 radical (unpaired) electrons. The number of carbonyl (C=O) groups excluding carboxylic acids is 2. The Morgan fingerprint density at radius 1 is 1.35 bits per heavy atom. The summed E-state index contributed by atoms with van der Waals surface area (Å²) in [5.74, 6) is 0.526. The van der Waals surface area contributed by atoms with Crippen LogP contribution in [0.2, 0.25) is 0 Å². The highest BCUT2D eigenvalue weighted by atomic mass is 35.5. The average Bonchev–Trinajstić information content (AvgIpc) is 3.02. The number of carbonyl (C=O) groups is 2. The number of unbranched alkanes of at least 4 members (excludes halogenated alkanes) is 2. The molecule has 1 rings (SSSR count). The first-order valence-electron chi connectivity index (χ1n) is 7.37. The van der Waals surface area contributed by atoms with Crippen LogP contribution in [-0.4, -0.2) is 24.2 Å². The molecule has 3 nitrogen and oxygen atoms in total. The number of rotatable bonds is 9. The second-order valence-electron chi connectivity index (χ2n) is 6.02. The van der Waals surface area contributed by atoms with E-state index in [0.29, 0.717) is 18.1 Å². The minimum atomic E-state index is -0.356. The fourth-order valence-electron chi connectivity index (χ4n) is 2.29. The molecule has 20 heavy (non-hydrogen) atoms. The summed E-state index contributed by atoms with van der Waals surface area (Å²) in [7, 11) is 0. The van der Waals surface area contributed by atoms with Gasteiger partial charge in [-0.1, -0.05) is 19.9 Å². The predicted molar refractivity (Wildman–Crippen MR) is 80.8 cm³/mol. The van der Waals surface area contributed by atoms with Crippen LogP contribution in [0.5, 0.6) is 0 Å². The van der Waals surface area contributed by atoms with Crippen LogP contribution in [0.15, 0.2) is 11.6 Å². The van der Waals surface area contributed by atoms with Gasteiger partial charge in [-0.15, -0.1) is 11.6 Å². The number of ether oxygens (including phenoxy) is 1. The number of allylic oxidation sites excluding steroid dienone is 1. The number of alkyl halides is 1. The SMILES string of the molecule is CCOC(=O)/C(=C/CCCCCl)CC(=O)[C@H]1CC1(C)C. The molecule has 1 fully saturated rings. The summed E-state index contributed by atoms with van der Waals surface area (Å²) < 4.78 is 5.03. The first-order valence-corrected chi connectivity index (χ1v) is 7.90. The largest absolute Gasteiger partial charge is 0.463 e. The van der Waals surface area contributed by atoms with Crippen molar-refractivity contribution in [2.75, 3.05) is 12.5 Å². The van der Waals surface area contributed by atoms with Crippen LogP contribution >= 0.6 is 11.6 Å². The molecule has 0 aromatic rings. The van der Waals surface area contributed by atoms with Crippen LogP contribution in [0.1, 0.15) is 52.9 Å². The summed E-state index contributed by atoms with van der Waals surface area (Å²) >= 11 is 5.63. The quantitative estimate of drug-likeness (QED) is 0.281. The van der Waals surface area contributed by atoms with E-state index < -0.39 is 0 Å². The van der Waals surface area contributed by atoms with Gasteiger partial charge in [0.2, 0.25) is 0 Å².